The van der Waals surface area contributed by atoms with E-state index in [1.54, 1.807) is 24.3 Å². The highest BCUT2D eigenvalue weighted by Crippen LogP contribution is 2.34. The summed E-state index contributed by atoms with van der Waals surface area (Å²) in [6, 6.07) is 7.04. The van der Waals surface area contributed by atoms with E-state index in [0.717, 1.165) is 23.5 Å². The molecule has 1 aliphatic rings. The number of nitriles is 1. The zero-order valence-corrected chi connectivity index (χ0v) is 14.3. The Kier molecular flexibility index (Phi) is 4.44. The van der Waals surface area contributed by atoms with Crippen molar-refractivity contribution in [2.24, 2.45) is 0 Å². The molecule has 0 spiro atoms. The molecule has 0 bridgehead atoms. The summed E-state index contributed by atoms with van der Waals surface area (Å²) < 4.78 is 12.4. The number of carbonyl (C=O) groups is 1. The first-order valence-corrected chi connectivity index (χ1v) is 7.90. The van der Waals surface area contributed by atoms with Crippen LogP contribution in [0.15, 0.2) is 23.8 Å². The summed E-state index contributed by atoms with van der Waals surface area (Å²) in [5.74, 6) is 0.716. The van der Waals surface area contributed by atoms with E-state index in [1.165, 1.54) is 0 Å². The van der Waals surface area contributed by atoms with Gasteiger partial charge < -0.3 is 14.8 Å². The summed E-state index contributed by atoms with van der Waals surface area (Å²) in [6.07, 6.45) is 1.58. The lowest BCUT2D eigenvalue weighted by atomic mass is 10.1. The van der Waals surface area contributed by atoms with E-state index in [4.69, 9.17) is 9.47 Å². The highest BCUT2D eigenvalue weighted by Gasteiger charge is 2.17. The molecular weight excluding hydrogens is 320 g/mol. The number of ether oxygens (including phenoxy) is 2. The Hall–Kier alpha value is -3.27. The fourth-order valence-corrected chi connectivity index (χ4v) is 2.69. The Morgan fingerprint density at radius 1 is 1.40 bits per heavy atom. The highest BCUT2D eigenvalue weighted by molar-refractivity contribution is 6.09. The standard InChI is InChI=1S/C18H18N4O3/c1-4-22-12(3)15(11(2)21-22)7-13(9-19)18(23)20-14-5-6-16-17(8-14)25-10-24-16/h5-8H,4,10H2,1-3H3,(H,20,23). The minimum Gasteiger partial charge on any atom is -0.454 e. The SMILES string of the molecule is CCn1nc(C)c(C=C(C#N)C(=O)Nc2ccc3c(c2)OCO3)c1C. The van der Waals surface area contributed by atoms with Crippen LogP contribution in [0.25, 0.3) is 6.08 Å². The highest BCUT2D eigenvalue weighted by atomic mass is 16.7. The first kappa shape index (κ1) is 16.6. The molecule has 7 nitrogen and oxygen atoms in total. The second-order valence-electron chi connectivity index (χ2n) is 5.59. The van der Waals surface area contributed by atoms with Crippen LogP contribution >= 0.6 is 0 Å². The molecule has 2 aromatic rings. The third-order valence-electron chi connectivity index (χ3n) is 4.02. The maximum absolute atomic E-state index is 12.4. The molecule has 7 heteroatoms. The molecular formula is C18H18N4O3. The first-order valence-electron chi connectivity index (χ1n) is 7.90. The van der Waals surface area contributed by atoms with Crippen LogP contribution in [0.4, 0.5) is 5.69 Å². The molecule has 2 heterocycles. The molecule has 0 saturated heterocycles. The Morgan fingerprint density at radius 2 is 2.16 bits per heavy atom. The second-order valence-corrected chi connectivity index (χ2v) is 5.59. The summed E-state index contributed by atoms with van der Waals surface area (Å²) in [6.45, 7) is 6.65. The van der Waals surface area contributed by atoms with Crippen LogP contribution in [0.3, 0.4) is 0 Å². The van der Waals surface area contributed by atoms with Gasteiger partial charge in [-0.25, -0.2) is 0 Å². The number of aryl methyl sites for hydroxylation is 2. The fraction of sp³-hybridized carbons (Fsp3) is 0.278. The van der Waals surface area contributed by atoms with Crippen LogP contribution in [-0.4, -0.2) is 22.5 Å². The average molecular weight is 338 g/mol. The van der Waals surface area contributed by atoms with Crippen LogP contribution < -0.4 is 14.8 Å². The normalized spacial score (nSPS) is 12.8. The summed E-state index contributed by atoms with van der Waals surface area (Å²) in [5, 5.41) is 16.5. The fourth-order valence-electron chi connectivity index (χ4n) is 2.69. The van der Waals surface area contributed by atoms with Gasteiger partial charge >= 0.3 is 0 Å². The third-order valence-corrected chi connectivity index (χ3v) is 4.02. The van der Waals surface area contributed by atoms with Crippen LogP contribution in [0, 0.1) is 25.2 Å². The van der Waals surface area contributed by atoms with E-state index in [2.05, 4.69) is 10.4 Å². The predicted molar refractivity (Wildman–Crippen MR) is 92.2 cm³/mol. The van der Waals surface area contributed by atoms with Crippen molar-refractivity contribution in [3.05, 3.63) is 40.7 Å². The van der Waals surface area contributed by atoms with Crippen LogP contribution in [0.1, 0.15) is 23.9 Å². The Morgan fingerprint density at radius 3 is 2.84 bits per heavy atom. The Labute approximate surface area is 145 Å². The van der Waals surface area contributed by atoms with Crippen molar-refractivity contribution in [3.8, 4) is 17.6 Å². The lowest BCUT2D eigenvalue weighted by molar-refractivity contribution is -0.112. The molecule has 3 rings (SSSR count). The molecule has 1 aromatic carbocycles. The van der Waals surface area contributed by atoms with Crippen molar-refractivity contribution in [2.45, 2.75) is 27.3 Å². The van der Waals surface area contributed by atoms with Gasteiger partial charge in [0.25, 0.3) is 5.91 Å². The van der Waals surface area contributed by atoms with Crippen molar-refractivity contribution in [2.75, 3.05) is 12.1 Å². The van der Waals surface area contributed by atoms with Crippen LogP contribution in [0.2, 0.25) is 0 Å². The van der Waals surface area contributed by atoms with Crippen molar-refractivity contribution in [3.63, 3.8) is 0 Å². The number of hydrogen-bond donors (Lipinski definition) is 1. The number of hydrogen-bond acceptors (Lipinski definition) is 5. The van der Waals surface area contributed by atoms with E-state index >= 15 is 0 Å². The number of fused-ring (bicyclic) bond motifs is 1. The molecule has 0 fully saturated rings. The number of amides is 1. The van der Waals surface area contributed by atoms with E-state index < -0.39 is 5.91 Å². The van der Waals surface area contributed by atoms with Crippen molar-refractivity contribution < 1.29 is 14.3 Å². The quantitative estimate of drug-likeness (QED) is 0.684. The molecule has 0 unspecified atom stereocenters. The number of benzene rings is 1. The number of aromatic nitrogens is 2. The maximum atomic E-state index is 12.4. The molecule has 0 radical (unpaired) electrons. The average Bonchev–Trinajstić information content (AvgIpc) is 3.17. The van der Waals surface area contributed by atoms with Crippen LogP contribution in [-0.2, 0) is 11.3 Å². The van der Waals surface area contributed by atoms with E-state index in [-0.39, 0.29) is 12.4 Å². The molecule has 1 aliphatic heterocycles. The van der Waals surface area contributed by atoms with Crippen LogP contribution in [0.5, 0.6) is 11.5 Å². The molecule has 0 saturated carbocycles. The molecule has 128 valence electrons. The lowest BCUT2D eigenvalue weighted by Gasteiger charge is -2.05. The van der Waals surface area contributed by atoms with E-state index in [0.29, 0.717) is 17.2 Å². The number of anilines is 1. The van der Waals surface area contributed by atoms with Gasteiger partial charge in [0.15, 0.2) is 11.5 Å². The third kappa shape index (κ3) is 3.19. The summed E-state index contributed by atoms with van der Waals surface area (Å²) >= 11 is 0. The summed E-state index contributed by atoms with van der Waals surface area (Å²) in [5.41, 5.74) is 3.04. The first-order chi connectivity index (χ1) is 12.0. The number of rotatable bonds is 4. The van der Waals surface area contributed by atoms with Gasteiger partial charge in [0.05, 0.1) is 5.69 Å². The van der Waals surface area contributed by atoms with Gasteiger partial charge in [-0.3, -0.25) is 9.48 Å². The minimum atomic E-state index is -0.482. The van der Waals surface area contributed by atoms with Crippen molar-refractivity contribution in [1.29, 1.82) is 5.26 Å². The van der Waals surface area contributed by atoms with Gasteiger partial charge in [0.2, 0.25) is 6.79 Å². The summed E-state index contributed by atoms with van der Waals surface area (Å²) in [7, 11) is 0. The van der Waals surface area contributed by atoms with Gasteiger partial charge in [-0.15, -0.1) is 0 Å². The molecule has 1 amide bonds. The Bertz CT molecular complexity index is 906. The Balaban J connectivity index is 1.85. The monoisotopic (exact) mass is 338 g/mol. The second kappa shape index (κ2) is 6.69. The van der Waals surface area contributed by atoms with Gasteiger partial charge in [-0.1, -0.05) is 0 Å². The lowest BCUT2D eigenvalue weighted by Crippen LogP contribution is -2.13. The molecule has 1 N–H and O–H groups in total. The van der Waals surface area contributed by atoms with Crippen molar-refractivity contribution in [1.82, 2.24) is 9.78 Å². The van der Waals surface area contributed by atoms with Gasteiger partial charge in [-0.05, 0) is 39.0 Å². The topological polar surface area (TPSA) is 89.2 Å². The van der Waals surface area contributed by atoms with Gasteiger partial charge in [-0.2, -0.15) is 10.4 Å². The number of nitrogens with one attached hydrogen (secondary N) is 1. The van der Waals surface area contributed by atoms with Gasteiger partial charge in [0.1, 0.15) is 11.6 Å². The molecule has 25 heavy (non-hydrogen) atoms. The number of carbonyl (C=O) groups excluding carboxylic acids is 1. The van der Waals surface area contributed by atoms with E-state index in [1.807, 2.05) is 31.5 Å². The van der Waals surface area contributed by atoms with Crippen molar-refractivity contribution >= 4 is 17.7 Å². The largest absolute Gasteiger partial charge is 0.454 e. The molecule has 0 aliphatic carbocycles. The zero-order valence-electron chi connectivity index (χ0n) is 14.3. The number of nitrogens with zero attached hydrogens (tertiary/aromatic N) is 3. The molecule has 1 aromatic heterocycles. The van der Waals surface area contributed by atoms with E-state index in [9.17, 15) is 10.1 Å². The minimum absolute atomic E-state index is 0.0134. The summed E-state index contributed by atoms with van der Waals surface area (Å²) in [4.78, 5) is 12.4. The maximum Gasteiger partial charge on any atom is 0.266 e. The predicted octanol–water partition coefficient (Wildman–Crippen LogP) is 2.79. The molecule has 0 atom stereocenters. The zero-order chi connectivity index (χ0) is 18.0. The van der Waals surface area contributed by atoms with Gasteiger partial charge in [0, 0.05) is 29.6 Å². The smallest absolute Gasteiger partial charge is 0.266 e.